The van der Waals surface area contributed by atoms with E-state index in [1.165, 1.54) is 6.20 Å². The van der Waals surface area contributed by atoms with Crippen molar-refractivity contribution in [2.45, 2.75) is 0 Å². The number of para-hydroxylation sites is 1. The molecule has 0 bridgehead atoms. The Bertz CT molecular complexity index is 1200. The first-order valence-corrected chi connectivity index (χ1v) is 9.06. The molecule has 0 aliphatic heterocycles. The van der Waals surface area contributed by atoms with Crippen molar-refractivity contribution in [2.75, 3.05) is 19.5 Å². The Labute approximate surface area is 172 Å². The normalized spacial score (nSPS) is 10.5. The maximum Gasteiger partial charge on any atom is 0.418 e. The van der Waals surface area contributed by atoms with Crippen molar-refractivity contribution < 1.29 is 19.0 Å². The van der Waals surface area contributed by atoms with Crippen LogP contribution in [0.2, 0.25) is 0 Å². The number of ether oxygens (including phenoxy) is 3. The first-order chi connectivity index (χ1) is 14.7. The lowest BCUT2D eigenvalue weighted by atomic mass is 10.1. The molecule has 0 fully saturated rings. The van der Waals surface area contributed by atoms with Crippen molar-refractivity contribution in [3.63, 3.8) is 0 Å². The summed E-state index contributed by atoms with van der Waals surface area (Å²) in [6, 6.07) is 17.9. The van der Waals surface area contributed by atoms with Gasteiger partial charge in [-0.05, 0) is 42.5 Å². The molecule has 0 saturated carbocycles. The number of rotatable bonds is 5. The molecule has 0 saturated heterocycles. The molecule has 0 atom stereocenters. The summed E-state index contributed by atoms with van der Waals surface area (Å²) in [5, 5.41) is 2.56. The number of nitrogens with one attached hydrogen (secondary N) is 1. The highest BCUT2D eigenvalue weighted by Gasteiger charge is 2.11. The Morgan fingerprint density at radius 2 is 1.70 bits per heavy atom. The number of methoxy groups -OCH3 is 2. The van der Waals surface area contributed by atoms with E-state index < -0.39 is 6.09 Å². The van der Waals surface area contributed by atoms with Gasteiger partial charge in [0.25, 0.3) is 0 Å². The number of carbonyl (C=O) groups excluding carboxylic acids is 1. The molecule has 8 nitrogen and oxygen atoms in total. The van der Waals surface area contributed by atoms with Crippen LogP contribution in [0.5, 0.6) is 17.2 Å². The molecule has 4 rings (SSSR count). The van der Waals surface area contributed by atoms with Crippen molar-refractivity contribution >= 4 is 23.1 Å². The van der Waals surface area contributed by atoms with Crippen LogP contribution in [-0.2, 0) is 0 Å². The number of anilines is 1. The zero-order valence-corrected chi connectivity index (χ0v) is 16.3. The Morgan fingerprint density at radius 3 is 2.47 bits per heavy atom. The molecule has 1 N–H and O–H groups in total. The molecule has 2 heterocycles. The number of pyridine rings is 1. The van der Waals surface area contributed by atoms with Crippen molar-refractivity contribution in [3.05, 3.63) is 66.9 Å². The van der Waals surface area contributed by atoms with Crippen LogP contribution in [0, 0.1) is 0 Å². The van der Waals surface area contributed by atoms with Crippen LogP contribution < -0.4 is 19.5 Å². The minimum atomic E-state index is -0.661. The molecular weight excluding hydrogens is 384 g/mol. The van der Waals surface area contributed by atoms with E-state index in [0.717, 1.165) is 5.56 Å². The fourth-order valence-corrected chi connectivity index (χ4v) is 2.84. The molecule has 30 heavy (non-hydrogen) atoms. The number of carbonyl (C=O) groups is 1. The van der Waals surface area contributed by atoms with Crippen LogP contribution in [0.4, 0.5) is 10.6 Å². The van der Waals surface area contributed by atoms with Gasteiger partial charge < -0.3 is 14.2 Å². The molecule has 0 unspecified atom stereocenters. The summed E-state index contributed by atoms with van der Waals surface area (Å²) in [6.45, 7) is 0. The first-order valence-electron chi connectivity index (χ1n) is 9.06. The molecule has 150 valence electrons. The second-order valence-electron chi connectivity index (χ2n) is 6.19. The van der Waals surface area contributed by atoms with Gasteiger partial charge in [0.1, 0.15) is 11.3 Å². The Morgan fingerprint density at radius 1 is 0.900 bits per heavy atom. The minimum Gasteiger partial charge on any atom is -0.493 e. The smallest absolute Gasteiger partial charge is 0.418 e. The molecule has 4 aromatic rings. The Kier molecular flexibility index (Phi) is 5.38. The molecule has 8 heteroatoms. The fourth-order valence-electron chi connectivity index (χ4n) is 2.84. The second kappa shape index (κ2) is 8.44. The van der Waals surface area contributed by atoms with Gasteiger partial charge in [-0.25, -0.2) is 19.7 Å². The van der Waals surface area contributed by atoms with Gasteiger partial charge in [0.05, 0.1) is 26.1 Å². The highest BCUT2D eigenvalue weighted by atomic mass is 16.6. The largest absolute Gasteiger partial charge is 0.493 e. The average molecular weight is 402 g/mol. The lowest BCUT2D eigenvalue weighted by Gasteiger charge is -2.10. The molecule has 1 amide bonds. The van der Waals surface area contributed by atoms with Gasteiger partial charge in [0.2, 0.25) is 0 Å². The second-order valence-corrected chi connectivity index (χ2v) is 6.19. The van der Waals surface area contributed by atoms with E-state index in [9.17, 15) is 4.79 Å². The third kappa shape index (κ3) is 4.12. The van der Waals surface area contributed by atoms with E-state index in [1.807, 2.05) is 36.4 Å². The van der Waals surface area contributed by atoms with Crippen molar-refractivity contribution in [3.8, 4) is 28.5 Å². The SMILES string of the molecule is COc1ccc(-c2ccc3ncc(NC(=O)Oc4ccccc4)nc3n2)cc1OC. The number of fused-ring (bicyclic) bond motifs is 1. The Hall–Kier alpha value is -4.20. The zero-order valence-electron chi connectivity index (χ0n) is 16.3. The number of aromatic nitrogens is 3. The van der Waals surface area contributed by atoms with E-state index in [0.29, 0.717) is 34.1 Å². The summed E-state index contributed by atoms with van der Waals surface area (Å²) in [6.07, 6.45) is 0.790. The van der Waals surface area contributed by atoms with Gasteiger partial charge in [-0.1, -0.05) is 18.2 Å². The minimum absolute atomic E-state index is 0.236. The van der Waals surface area contributed by atoms with Crippen molar-refractivity contribution in [2.24, 2.45) is 0 Å². The molecule has 2 aromatic heterocycles. The summed E-state index contributed by atoms with van der Waals surface area (Å²) >= 11 is 0. The van der Waals surface area contributed by atoms with E-state index >= 15 is 0 Å². The Balaban J connectivity index is 1.59. The van der Waals surface area contributed by atoms with Crippen LogP contribution >= 0.6 is 0 Å². The molecular formula is C22H18N4O4. The number of hydrogen-bond acceptors (Lipinski definition) is 7. The molecule has 0 aliphatic rings. The number of amides is 1. The monoisotopic (exact) mass is 402 g/mol. The van der Waals surface area contributed by atoms with Gasteiger partial charge in [-0.2, -0.15) is 0 Å². The van der Waals surface area contributed by atoms with Crippen molar-refractivity contribution in [1.82, 2.24) is 15.0 Å². The molecule has 2 aromatic carbocycles. The van der Waals surface area contributed by atoms with Crippen LogP contribution in [0.1, 0.15) is 0 Å². The predicted octanol–water partition coefficient (Wildman–Crippen LogP) is 4.32. The third-order valence-electron chi connectivity index (χ3n) is 4.27. The predicted molar refractivity (Wildman–Crippen MR) is 112 cm³/mol. The number of nitrogens with zero attached hydrogens (tertiary/aromatic N) is 3. The first kappa shape index (κ1) is 19.1. The van der Waals surface area contributed by atoms with Crippen LogP contribution in [0.15, 0.2) is 66.9 Å². The lowest BCUT2D eigenvalue weighted by molar-refractivity contribution is 0.215. The maximum atomic E-state index is 12.1. The fraction of sp³-hybridized carbons (Fsp3) is 0.0909. The van der Waals surface area contributed by atoms with Gasteiger partial charge >= 0.3 is 6.09 Å². The molecule has 0 spiro atoms. The quantitative estimate of drug-likeness (QED) is 0.531. The number of hydrogen-bond donors (Lipinski definition) is 1. The molecule has 0 aliphatic carbocycles. The standard InChI is InChI=1S/C22H18N4O4/c1-28-18-11-8-14(12-19(18)29-2)16-9-10-17-21(24-16)25-20(13-23-17)26-22(27)30-15-6-4-3-5-7-15/h3-13H,1-2H3,(H,24,25,26,27). The summed E-state index contributed by atoms with van der Waals surface area (Å²) in [5.74, 6) is 1.89. The highest BCUT2D eigenvalue weighted by molar-refractivity contribution is 5.86. The van der Waals surface area contributed by atoms with E-state index in [-0.39, 0.29) is 5.82 Å². The topological polar surface area (TPSA) is 95.5 Å². The average Bonchev–Trinajstić information content (AvgIpc) is 2.78. The summed E-state index contributed by atoms with van der Waals surface area (Å²) in [4.78, 5) is 25.3. The van der Waals surface area contributed by atoms with E-state index in [1.54, 1.807) is 38.5 Å². The van der Waals surface area contributed by atoms with Crippen LogP contribution in [0.3, 0.4) is 0 Å². The lowest BCUT2D eigenvalue weighted by Crippen LogP contribution is -2.17. The third-order valence-corrected chi connectivity index (χ3v) is 4.27. The summed E-state index contributed by atoms with van der Waals surface area (Å²) in [5.41, 5.74) is 2.50. The van der Waals surface area contributed by atoms with Gasteiger partial charge in [0, 0.05) is 5.56 Å². The van der Waals surface area contributed by atoms with Crippen LogP contribution in [0.25, 0.3) is 22.4 Å². The van der Waals surface area contributed by atoms with Crippen molar-refractivity contribution in [1.29, 1.82) is 0 Å². The summed E-state index contributed by atoms with van der Waals surface area (Å²) in [7, 11) is 3.16. The van der Waals surface area contributed by atoms with Gasteiger partial charge in [-0.3, -0.25) is 5.32 Å². The highest BCUT2D eigenvalue weighted by Crippen LogP contribution is 2.32. The zero-order chi connectivity index (χ0) is 20.9. The molecule has 0 radical (unpaired) electrons. The van der Waals surface area contributed by atoms with Crippen LogP contribution in [-0.4, -0.2) is 35.3 Å². The van der Waals surface area contributed by atoms with Gasteiger partial charge in [-0.15, -0.1) is 0 Å². The van der Waals surface area contributed by atoms with Gasteiger partial charge in [0.15, 0.2) is 23.0 Å². The summed E-state index contributed by atoms with van der Waals surface area (Å²) < 4.78 is 15.8. The number of benzene rings is 2. The van der Waals surface area contributed by atoms with E-state index in [2.05, 4.69) is 20.3 Å². The van der Waals surface area contributed by atoms with E-state index in [4.69, 9.17) is 14.2 Å². The maximum absolute atomic E-state index is 12.1.